The summed E-state index contributed by atoms with van der Waals surface area (Å²) in [5.41, 5.74) is 1.32. The minimum Gasteiger partial charge on any atom is -0.508 e. The lowest BCUT2D eigenvalue weighted by atomic mass is 10.2. The van der Waals surface area contributed by atoms with Gasteiger partial charge < -0.3 is 15.7 Å². The molecular weight excluding hydrogens is 428 g/mol. The van der Waals surface area contributed by atoms with E-state index in [1.54, 1.807) is 17.5 Å². The molecule has 0 spiro atoms. The number of amides is 2. The summed E-state index contributed by atoms with van der Waals surface area (Å²) in [5, 5.41) is 16.3. The summed E-state index contributed by atoms with van der Waals surface area (Å²) in [6.07, 6.45) is -0.0563. The van der Waals surface area contributed by atoms with Crippen LogP contribution in [0.25, 0.3) is 0 Å². The van der Waals surface area contributed by atoms with Gasteiger partial charge in [0.25, 0.3) is 10.0 Å². The van der Waals surface area contributed by atoms with E-state index in [1.807, 2.05) is 0 Å². The Kier molecular flexibility index (Phi) is 6.33. The molecule has 2 amide bonds. The number of phenols is 1. The predicted molar refractivity (Wildman–Crippen MR) is 114 cm³/mol. The number of rotatable bonds is 7. The summed E-state index contributed by atoms with van der Waals surface area (Å²) in [4.78, 5) is 27.3. The molecule has 156 valence electrons. The van der Waals surface area contributed by atoms with Gasteiger partial charge in [0.05, 0.1) is 17.0 Å². The first kappa shape index (κ1) is 21.3. The van der Waals surface area contributed by atoms with Gasteiger partial charge in [-0.2, -0.15) is 0 Å². The number of carbonyl (C=O) groups is 2. The van der Waals surface area contributed by atoms with Crippen LogP contribution in [0, 0.1) is 0 Å². The number of thiazole rings is 1. The number of nitrogens with one attached hydrogen (secondary N) is 3. The maximum Gasteiger partial charge on any atom is 0.263 e. The number of aromatic hydroxyl groups is 1. The molecule has 9 nitrogen and oxygen atoms in total. The van der Waals surface area contributed by atoms with Gasteiger partial charge in [0.2, 0.25) is 11.8 Å². The van der Waals surface area contributed by atoms with Crippen molar-refractivity contribution in [3.63, 3.8) is 0 Å². The van der Waals surface area contributed by atoms with Crippen LogP contribution >= 0.6 is 11.3 Å². The molecule has 0 saturated carbocycles. The third-order valence-electron chi connectivity index (χ3n) is 3.73. The smallest absolute Gasteiger partial charge is 0.263 e. The van der Waals surface area contributed by atoms with Gasteiger partial charge in [0, 0.05) is 29.7 Å². The van der Waals surface area contributed by atoms with Crippen molar-refractivity contribution in [2.24, 2.45) is 0 Å². The number of phenolic OH excluding ortho intramolecular Hbond substituents is 1. The number of aromatic nitrogens is 1. The van der Waals surface area contributed by atoms with Crippen molar-refractivity contribution in [3.8, 4) is 5.75 Å². The SMILES string of the molecule is CC(=O)Nc1ccc(S(=O)(=O)Nc2nc(CC(=O)Nc3cccc(O)c3)cs2)cc1. The standard InChI is InChI=1S/C19H18N4O5S2/c1-12(24)20-13-5-7-17(8-6-13)30(27,28)23-19-22-15(11-29-19)10-18(26)21-14-3-2-4-16(25)9-14/h2-9,11,25H,10H2,1H3,(H,20,24)(H,21,26)(H,22,23). The highest BCUT2D eigenvalue weighted by atomic mass is 32.2. The highest BCUT2D eigenvalue weighted by molar-refractivity contribution is 7.93. The molecule has 1 heterocycles. The van der Waals surface area contributed by atoms with Crippen LogP contribution in [-0.2, 0) is 26.0 Å². The van der Waals surface area contributed by atoms with Crippen molar-refractivity contribution >= 4 is 49.7 Å². The van der Waals surface area contributed by atoms with Gasteiger partial charge in [-0.25, -0.2) is 13.4 Å². The first-order valence-corrected chi connectivity index (χ1v) is 11.0. The third-order valence-corrected chi connectivity index (χ3v) is 6.02. The predicted octanol–water partition coefficient (Wildman–Crippen LogP) is 2.79. The van der Waals surface area contributed by atoms with Crippen LogP contribution < -0.4 is 15.4 Å². The molecule has 30 heavy (non-hydrogen) atoms. The zero-order chi connectivity index (χ0) is 21.7. The van der Waals surface area contributed by atoms with Gasteiger partial charge >= 0.3 is 0 Å². The van der Waals surface area contributed by atoms with E-state index in [-0.39, 0.29) is 34.0 Å². The molecule has 0 radical (unpaired) electrons. The second-order valence-electron chi connectivity index (χ2n) is 6.23. The molecule has 3 aromatic rings. The van der Waals surface area contributed by atoms with Crippen molar-refractivity contribution in [2.75, 3.05) is 15.4 Å². The molecule has 4 N–H and O–H groups in total. The van der Waals surface area contributed by atoms with Gasteiger partial charge in [0.1, 0.15) is 5.75 Å². The number of anilines is 3. The number of hydrogen-bond acceptors (Lipinski definition) is 7. The summed E-state index contributed by atoms with van der Waals surface area (Å²) >= 11 is 1.05. The number of carbonyl (C=O) groups excluding carboxylic acids is 2. The highest BCUT2D eigenvalue weighted by Crippen LogP contribution is 2.22. The monoisotopic (exact) mass is 446 g/mol. The van der Waals surface area contributed by atoms with E-state index in [1.165, 1.54) is 43.3 Å². The molecule has 2 aromatic carbocycles. The van der Waals surface area contributed by atoms with Crippen molar-refractivity contribution < 1.29 is 23.1 Å². The summed E-state index contributed by atoms with van der Waals surface area (Å²) in [6, 6.07) is 11.8. The molecule has 0 bridgehead atoms. The van der Waals surface area contributed by atoms with E-state index in [0.29, 0.717) is 17.1 Å². The second-order valence-corrected chi connectivity index (χ2v) is 8.77. The van der Waals surface area contributed by atoms with E-state index in [9.17, 15) is 23.1 Å². The van der Waals surface area contributed by atoms with Crippen molar-refractivity contribution in [3.05, 3.63) is 59.6 Å². The van der Waals surface area contributed by atoms with E-state index in [2.05, 4.69) is 20.3 Å². The molecule has 3 rings (SSSR count). The molecule has 0 aliphatic rings. The van der Waals surface area contributed by atoms with Crippen molar-refractivity contribution in [1.82, 2.24) is 4.98 Å². The largest absolute Gasteiger partial charge is 0.508 e. The van der Waals surface area contributed by atoms with Crippen molar-refractivity contribution in [1.29, 1.82) is 0 Å². The number of sulfonamides is 1. The minimum absolute atomic E-state index is 0.00924. The quantitative estimate of drug-likeness (QED) is 0.440. The molecule has 0 unspecified atom stereocenters. The second kappa shape index (κ2) is 8.93. The fourth-order valence-electron chi connectivity index (χ4n) is 2.48. The molecule has 0 aliphatic carbocycles. The zero-order valence-electron chi connectivity index (χ0n) is 15.7. The van der Waals surface area contributed by atoms with Crippen LogP contribution in [0.5, 0.6) is 5.75 Å². The minimum atomic E-state index is -3.87. The maximum atomic E-state index is 12.5. The van der Waals surface area contributed by atoms with Gasteiger partial charge in [-0.15, -0.1) is 11.3 Å². The Bertz CT molecular complexity index is 1170. The Hall–Kier alpha value is -3.44. The molecule has 0 fully saturated rings. The lowest BCUT2D eigenvalue weighted by Crippen LogP contribution is -2.15. The number of nitrogens with zero attached hydrogens (tertiary/aromatic N) is 1. The fraction of sp³-hybridized carbons (Fsp3) is 0.105. The third kappa shape index (κ3) is 5.78. The molecular formula is C19H18N4O5S2. The Morgan fingerprint density at radius 2 is 1.80 bits per heavy atom. The van der Waals surface area contributed by atoms with Gasteiger partial charge in [0.15, 0.2) is 5.13 Å². The maximum absolute atomic E-state index is 12.5. The average molecular weight is 447 g/mol. The van der Waals surface area contributed by atoms with E-state index in [0.717, 1.165) is 11.3 Å². The van der Waals surface area contributed by atoms with Crippen LogP contribution in [0.3, 0.4) is 0 Å². The molecule has 0 atom stereocenters. The van der Waals surface area contributed by atoms with Crippen molar-refractivity contribution in [2.45, 2.75) is 18.2 Å². The Morgan fingerprint density at radius 1 is 1.07 bits per heavy atom. The van der Waals surface area contributed by atoms with E-state index >= 15 is 0 Å². The Balaban J connectivity index is 1.62. The van der Waals surface area contributed by atoms with Crippen LogP contribution in [0.4, 0.5) is 16.5 Å². The first-order chi connectivity index (χ1) is 14.2. The van der Waals surface area contributed by atoms with E-state index in [4.69, 9.17) is 0 Å². The lowest BCUT2D eigenvalue weighted by molar-refractivity contribution is -0.116. The molecule has 11 heteroatoms. The Morgan fingerprint density at radius 3 is 2.47 bits per heavy atom. The van der Waals surface area contributed by atoms with Crippen LogP contribution in [0.2, 0.25) is 0 Å². The van der Waals surface area contributed by atoms with Crippen LogP contribution in [0.15, 0.2) is 58.8 Å². The van der Waals surface area contributed by atoms with Crippen LogP contribution in [-0.4, -0.2) is 30.3 Å². The number of hydrogen-bond donors (Lipinski definition) is 4. The number of benzene rings is 2. The highest BCUT2D eigenvalue weighted by Gasteiger charge is 2.17. The van der Waals surface area contributed by atoms with Crippen LogP contribution in [0.1, 0.15) is 12.6 Å². The topological polar surface area (TPSA) is 137 Å². The Labute approximate surface area is 176 Å². The first-order valence-electron chi connectivity index (χ1n) is 8.65. The summed E-state index contributed by atoms with van der Waals surface area (Å²) in [7, 11) is -3.87. The molecule has 1 aromatic heterocycles. The lowest BCUT2D eigenvalue weighted by Gasteiger charge is -2.07. The van der Waals surface area contributed by atoms with Gasteiger partial charge in [-0.05, 0) is 36.4 Å². The van der Waals surface area contributed by atoms with E-state index < -0.39 is 10.0 Å². The average Bonchev–Trinajstić information content (AvgIpc) is 3.07. The zero-order valence-corrected chi connectivity index (χ0v) is 17.4. The van der Waals surface area contributed by atoms with Gasteiger partial charge in [-0.3, -0.25) is 14.3 Å². The normalized spacial score (nSPS) is 11.0. The fourth-order valence-corrected chi connectivity index (χ4v) is 4.45. The van der Waals surface area contributed by atoms with Gasteiger partial charge in [-0.1, -0.05) is 6.07 Å². The summed E-state index contributed by atoms with van der Waals surface area (Å²) in [5.74, 6) is -0.579. The summed E-state index contributed by atoms with van der Waals surface area (Å²) in [6.45, 7) is 1.36. The molecule has 0 saturated heterocycles. The molecule has 0 aliphatic heterocycles. The summed E-state index contributed by atoms with van der Waals surface area (Å²) < 4.78 is 27.4.